The number of hydrogen-bond acceptors (Lipinski definition) is 4. The Kier molecular flexibility index (Phi) is 6.76. The molecule has 0 bridgehead atoms. The fourth-order valence-electron chi connectivity index (χ4n) is 3.51. The van der Waals surface area contributed by atoms with Crippen LogP contribution in [-0.2, 0) is 11.0 Å². The molecule has 1 aliphatic carbocycles. The van der Waals surface area contributed by atoms with Crippen LogP contribution >= 0.6 is 0 Å². The van der Waals surface area contributed by atoms with Gasteiger partial charge in [0.15, 0.2) is 0 Å². The highest BCUT2D eigenvalue weighted by Crippen LogP contribution is 2.43. The van der Waals surface area contributed by atoms with Crippen molar-refractivity contribution in [3.05, 3.63) is 57.6 Å². The van der Waals surface area contributed by atoms with E-state index in [4.69, 9.17) is 4.74 Å². The van der Waals surface area contributed by atoms with Crippen molar-refractivity contribution in [3.63, 3.8) is 0 Å². The number of carbonyl (C=O) groups is 1. The molecule has 2 aromatic carbocycles. The Morgan fingerprint density at radius 2 is 1.84 bits per heavy atom. The summed E-state index contributed by atoms with van der Waals surface area (Å²) in [4.78, 5) is 23.1. The zero-order valence-electron chi connectivity index (χ0n) is 17.7. The summed E-state index contributed by atoms with van der Waals surface area (Å²) in [7, 11) is 0. The number of hydrogen-bond donors (Lipinski definition) is 1. The molecule has 2 aromatic rings. The van der Waals surface area contributed by atoms with Gasteiger partial charge >= 0.3 is 17.8 Å². The SMILES string of the molecule is CC(C)CC(C(=O)O)c1cc(-c2ccc(C(F)(F)F)cc2)c(OCC2CC2)c([N+](=O)[O-])c1. The minimum absolute atomic E-state index is 0.00969. The molecule has 1 atom stereocenters. The van der Waals surface area contributed by atoms with Gasteiger partial charge in [0, 0.05) is 11.6 Å². The zero-order chi connectivity index (χ0) is 23.6. The van der Waals surface area contributed by atoms with Crippen LogP contribution in [0.4, 0.5) is 18.9 Å². The molecule has 9 heteroatoms. The summed E-state index contributed by atoms with van der Waals surface area (Å²) in [6.45, 7) is 3.94. The first kappa shape index (κ1) is 23.6. The van der Waals surface area contributed by atoms with Crippen LogP contribution in [-0.4, -0.2) is 22.6 Å². The van der Waals surface area contributed by atoms with Gasteiger partial charge in [-0.25, -0.2) is 0 Å². The fourth-order valence-corrected chi connectivity index (χ4v) is 3.51. The Bertz CT molecular complexity index is 998. The summed E-state index contributed by atoms with van der Waals surface area (Å²) < 4.78 is 44.7. The molecule has 0 saturated heterocycles. The maximum Gasteiger partial charge on any atom is 0.416 e. The fraction of sp³-hybridized carbons (Fsp3) is 0.435. The molecule has 0 heterocycles. The number of benzene rings is 2. The molecule has 0 amide bonds. The molecule has 0 aliphatic heterocycles. The molecule has 172 valence electrons. The van der Waals surface area contributed by atoms with Gasteiger partial charge in [0.2, 0.25) is 5.75 Å². The number of halogens is 3. The average molecular weight is 451 g/mol. The Morgan fingerprint density at radius 3 is 2.31 bits per heavy atom. The topological polar surface area (TPSA) is 89.7 Å². The molecule has 1 N–H and O–H groups in total. The zero-order valence-corrected chi connectivity index (χ0v) is 17.7. The lowest BCUT2D eigenvalue weighted by atomic mass is 9.87. The number of rotatable bonds is 9. The highest BCUT2D eigenvalue weighted by molar-refractivity contribution is 5.81. The summed E-state index contributed by atoms with van der Waals surface area (Å²) in [5, 5.41) is 21.6. The van der Waals surface area contributed by atoms with E-state index < -0.39 is 34.2 Å². The van der Waals surface area contributed by atoms with Gasteiger partial charge < -0.3 is 9.84 Å². The third-order valence-corrected chi connectivity index (χ3v) is 5.38. The summed E-state index contributed by atoms with van der Waals surface area (Å²) in [5.41, 5.74) is -0.545. The Balaban J connectivity index is 2.16. The quantitative estimate of drug-likeness (QED) is 0.358. The van der Waals surface area contributed by atoms with Crippen LogP contribution in [0, 0.1) is 22.0 Å². The van der Waals surface area contributed by atoms with Crippen molar-refractivity contribution >= 4 is 11.7 Å². The minimum Gasteiger partial charge on any atom is -0.486 e. The number of nitrogens with zero attached hydrogens (tertiary/aromatic N) is 1. The van der Waals surface area contributed by atoms with Gasteiger partial charge in [-0.15, -0.1) is 0 Å². The van der Waals surface area contributed by atoms with Gasteiger partial charge in [-0.1, -0.05) is 26.0 Å². The third kappa shape index (κ3) is 5.57. The number of alkyl halides is 3. The third-order valence-electron chi connectivity index (χ3n) is 5.38. The predicted octanol–water partition coefficient (Wildman–Crippen LogP) is 6.28. The minimum atomic E-state index is -4.52. The monoisotopic (exact) mass is 451 g/mol. The second-order valence-electron chi connectivity index (χ2n) is 8.52. The lowest BCUT2D eigenvalue weighted by molar-refractivity contribution is -0.385. The molecule has 1 aliphatic rings. The molecule has 0 spiro atoms. The summed E-state index contributed by atoms with van der Waals surface area (Å²) >= 11 is 0. The van der Waals surface area contributed by atoms with Gasteiger partial charge in [0.25, 0.3) is 0 Å². The van der Waals surface area contributed by atoms with Gasteiger partial charge in [-0.2, -0.15) is 13.2 Å². The second kappa shape index (κ2) is 9.18. The molecule has 0 aromatic heterocycles. The van der Waals surface area contributed by atoms with E-state index in [0.717, 1.165) is 25.0 Å². The van der Waals surface area contributed by atoms with Crippen LogP contribution in [0.5, 0.6) is 5.75 Å². The van der Waals surface area contributed by atoms with E-state index in [1.54, 1.807) is 0 Å². The first-order valence-corrected chi connectivity index (χ1v) is 10.3. The van der Waals surface area contributed by atoms with Crippen molar-refractivity contribution < 1.29 is 32.7 Å². The lowest BCUT2D eigenvalue weighted by Crippen LogP contribution is -2.15. The number of nitro benzene ring substituents is 1. The summed E-state index contributed by atoms with van der Waals surface area (Å²) in [6.07, 6.45) is -2.39. The lowest BCUT2D eigenvalue weighted by Gasteiger charge is -2.19. The van der Waals surface area contributed by atoms with Crippen LogP contribution in [0.1, 0.15) is 50.2 Å². The van der Waals surface area contributed by atoms with Gasteiger partial charge in [0.05, 0.1) is 23.0 Å². The molecule has 1 fully saturated rings. The van der Waals surface area contributed by atoms with E-state index in [9.17, 15) is 33.2 Å². The predicted molar refractivity (Wildman–Crippen MR) is 112 cm³/mol. The molecule has 6 nitrogen and oxygen atoms in total. The summed E-state index contributed by atoms with van der Waals surface area (Å²) in [6, 6.07) is 6.90. The largest absolute Gasteiger partial charge is 0.486 e. The Hall–Kier alpha value is -3.10. The van der Waals surface area contributed by atoms with Crippen LogP contribution in [0.2, 0.25) is 0 Å². The maximum absolute atomic E-state index is 13.0. The van der Waals surface area contributed by atoms with Gasteiger partial charge in [0.1, 0.15) is 0 Å². The molecule has 1 unspecified atom stereocenters. The number of carboxylic acids is 1. The van der Waals surface area contributed by atoms with Crippen LogP contribution in [0.15, 0.2) is 36.4 Å². The van der Waals surface area contributed by atoms with Crippen molar-refractivity contribution in [1.82, 2.24) is 0 Å². The van der Waals surface area contributed by atoms with Crippen molar-refractivity contribution in [2.75, 3.05) is 6.61 Å². The average Bonchev–Trinajstić information content (AvgIpc) is 3.53. The number of carboxylic acid groups (broad SMARTS) is 1. The van der Waals surface area contributed by atoms with Crippen LogP contribution in [0.25, 0.3) is 11.1 Å². The summed E-state index contributed by atoms with van der Waals surface area (Å²) in [5.74, 6) is -1.89. The molecular weight excluding hydrogens is 427 g/mol. The van der Waals surface area contributed by atoms with Gasteiger partial charge in [-0.3, -0.25) is 14.9 Å². The van der Waals surface area contributed by atoms with E-state index >= 15 is 0 Å². The van der Waals surface area contributed by atoms with Crippen LogP contribution in [0.3, 0.4) is 0 Å². The van der Waals surface area contributed by atoms with E-state index in [2.05, 4.69) is 0 Å². The maximum atomic E-state index is 13.0. The van der Waals surface area contributed by atoms with Crippen LogP contribution < -0.4 is 4.74 Å². The van der Waals surface area contributed by atoms with E-state index in [0.29, 0.717) is 0 Å². The Labute approximate surface area is 183 Å². The highest BCUT2D eigenvalue weighted by atomic mass is 19.4. The first-order valence-electron chi connectivity index (χ1n) is 10.3. The van der Waals surface area contributed by atoms with Gasteiger partial charge in [-0.05, 0) is 60.4 Å². The second-order valence-corrected chi connectivity index (χ2v) is 8.52. The number of ether oxygens (including phenoxy) is 1. The van der Waals surface area contributed by atoms with Crippen molar-refractivity contribution in [1.29, 1.82) is 0 Å². The van der Waals surface area contributed by atoms with Crippen molar-refractivity contribution in [2.24, 2.45) is 11.8 Å². The van der Waals surface area contributed by atoms with Crippen molar-refractivity contribution in [2.45, 2.75) is 45.2 Å². The molecule has 32 heavy (non-hydrogen) atoms. The molecule has 0 radical (unpaired) electrons. The smallest absolute Gasteiger partial charge is 0.416 e. The Morgan fingerprint density at radius 1 is 1.22 bits per heavy atom. The molecule has 1 saturated carbocycles. The van der Waals surface area contributed by atoms with E-state index in [1.165, 1.54) is 24.3 Å². The first-order chi connectivity index (χ1) is 15.0. The standard InChI is InChI=1S/C23H24F3NO5/c1-13(2)9-19(22(28)29)16-10-18(15-5-7-17(8-6-15)23(24,25)26)21(20(11-16)27(30)31)32-12-14-3-4-14/h5-8,10-11,13-14,19H,3-4,9,12H2,1-2H3,(H,28,29). The van der Waals surface area contributed by atoms with E-state index in [-0.39, 0.29) is 47.3 Å². The van der Waals surface area contributed by atoms with Crippen molar-refractivity contribution in [3.8, 4) is 16.9 Å². The molecular formula is C23H24F3NO5. The number of aliphatic carboxylic acids is 1. The highest BCUT2D eigenvalue weighted by Gasteiger charge is 2.32. The molecule has 3 rings (SSSR count). The number of nitro groups is 1. The van der Waals surface area contributed by atoms with E-state index in [1.807, 2.05) is 13.8 Å². The normalized spacial score (nSPS) is 14.9.